The van der Waals surface area contributed by atoms with Gasteiger partial charge in [-0.25, -0.2) is 4.98 Å². The maximum atomic E-state index is 12.2. The van der Waals surface area contributed by atoms with Crippen LogP contribution in [0.1, 0.15) is 24.5 Å². The van der Waals surface area contributed by atoms with E-state index in [4.69, 9.17) is 0 Å². The molecule has 22 heavy (non-hydrogen) atoms. The first-order chi connectivity index (χ1) is 10.7. The van der Waals surface area contributed by atoms with Crippen molar-refractivity contribution in [3.8, 4) is 0 Å². The van der Waals surface area contributed by atoms with E-state index in [1.165, 1.54) is 5.69 Å². The lowest BCUT2D eigenvalue weighted by atomic mass is 10.1. The molecule has 1 aliphatic rings. The molecule has 4 rings (SSSR count). The van der Waals surface area contributed by atoms with E-state index in [1.54, 1.807) is 6.07 Å². The van der Waals surface area contributed by atoms with Crippen LogP contribution < -0.4 is 5.56 Å². The van der Waals surface area contributed by atoms with Crippen LogP contribution in [0.25, 0.3) is 10.9 Å². The van der Waals surface area contributed by atoms with Gasteiger partial charge in [-0.15, -0.1) is 0 Å². The van der Waals surface area contributed by atoms with Crippen molar-refractivity contribution in [2.24, 2.45) is 0 Å². The Balaban J connectivity index is 1.66. The number of fused-ring (bicyclic) bond motifs is 2. The fraction of sp³-hybridized carbons (Fsp3) is 0.294. The zero-order valence-corrected chi connectivity index (χ0v) is 12.5. The number of hydrogen-bond donors (Lipinski definition) is 1. The first kappa shape index (κ1) is 13.3. The maximum absolute atomic E-state index is 12.2. The Hall–Kier alpha value is -2.40. The Bertz CT molecular complexity index is 879. The van der Waals surface area contributed by atoms with Gasteiger partial charge in [0, 0.05) is 31.0 Å². The summed E-state index contributed by atoms with van der Waals surface area (Å²) in [6, 6.07) is 12.0. The minimum atomic E-state index is -0.0614. The van der Waals surface area contributed by atoms with Crippen LogP contribution in [0.5, 0.6) is 0 Å². The number of nitrogens with one attached hydrogen (secondary N) is 1. The van der Waals surface area contributed by atoms with Gasteiger partial charge in [0.2, 0.25) is 0 Å². The first-order valence-electron chi connectivity index (χ1n) is 7.59. The molecule has 0 radical (unpaired) electrons. The van der Waals surface area contributed by atoms with Crippen molar-refractivity contribution in [1.82, 2.24) is 19.4 Å². The third-order valence-corrected chi connectivity index (χ3v) is 4.48. The number of aromatic amines is 1. The van der Waals surface area contributed by atoms with E-state index in [-0.39, 0.29) is 5.56 Å². The van der Waals surface area contributed by atoms with E-state index in [0.717, 1.165) is 24.4 Å². The summed E-state index contributed by atoms with van der Waals surface area (Å²) in [6.07, 6.45) is 2.12. The molecule has 0 saturated heterocycles. The maximum Gasteiger partial charge on any atom is 0.258 e. The van der Waals surface area contributed by atoms with Crippen LogP contribution in [0, 0.1) is 0 Å². The molecule has 3 heterocycles. The molecule has 112 valence electrons. The molecule has 3 aromatic rings. The summed E-state index contributed by atoms with van der Waals surface area (Å²) >= 11 is 0. The van der Waals surface area contributed by atoms with Gasteiger partial charge >= 0.3 is 0 Å². The average Bonchev–Trinajstić information content (AvgIpc) is 3.00. The van der Waals surface area contributed by atoms with Gasteiger partial charge < -0.3 is 9.55 Å². The molecular formula is C17H18N4O. The van der Waals surface area contributed by atoms with Crippen LogP contribution in [0.3, 0.4) is 0 Å². The monoisotopic (exact) mass is 294 g/mol. The quantitative estimate of drug-likeness (QED) is 0.789. The molecule has 5 heteroatoms. The number of aromatic nitrogens is 3. The fourth-order valence-electron chi connectivity index (χ4n) is 3.25. The Labute approximate surface area is 128 Å². The van der Waals surface area contributed by atoms with Crippen molar-refractivity contribution < 1.29 is 0 Å². The Morgan fingerprint density at radius 1 is 1.23 bits per heavy atom. The van der Waals surface area contributed by atoms with Crippen molar-refractivity contribution >= 4 is 10.9 Å². The van der Waals surface area contributed by atoms with E-state index < -0.39 is 0 Å². The molecule has 0 fully saturated rings. The van der Waals surface area contributed by atoms with Gasteiger partial charge in [0.25, 0.3) is 5.56 Å². The highest BCUT2D eigenvalue weighted by atomic mass is 16.1. The standard InChI is InChI=1S/C17H18N4O/c1-12-15-7-4-8-20(15)9-10-21(12)11-16-18-14-6-3-2-5-13(14)17(22)19-16/h2-8,12H,9-11H2,1H3,(H,18,19,22). The van der Waals surface area contributed by atoms with E-state index in [2.05, 4.69) is 44.7 Å². The van der Waals surface area contributed by atoms with Crippen LogP contribution in [0.4, 0.5) is 0 Å². The van der Waals surface area contributed by atoms with Gasteiger partial charge in [-0.3, -0.25) is 9.69 Å². The van der Waals surface area contributed by atoms with Crippen LogP contribution in [-0.4, -0.2) is 26.0 Å². The summed E-state index contributed by atoms with van der Waals surface area (Å²) in [5, 5.41) is 0.645. The van der Waals surface area contributed by atoms with Crippen molar-refractivity contribution in [1.29, 1.82) is 0 Å². The second kappa shape index (κ2) is 5.10. The lowest BCUT2D eigenvalue weighted by molar-refractivity contribution is 0.157. The zero-order valence-electron chi connectivity index (χ0n) is 12.5. The highest BCUT2D eigenvalue weighted by molar-refractivity contribution is 5.77. The van der Waals surface area contributed by atoms with Gasteiger partial charge in [-0.2, -0.15) is 0 Å². The molecule has 5 nitrogen and oxygen atoms in total. The number of hydrogen-bond acceptors (Lipinski definition) is 3. The lowest BCUT2D eigenvalue weighted by Crippen LogP contribution is -2.36. The van der Waals surface area contributed by atoms with Gasteiger partial charge in [-0.1, -0.05) is 12.1 Å². The summed E-state index contributed by atoms with van der Waals surface area (Å²) in [7, 11) is 0. The van der Waals surface area contributed by atoms with Crippen molar-refractivity contribution in [3.05, 3.63) is 64.5 Å². The largest absolute Gasteiger partial charge is 0.349 e. The summed E-state index contributed by atoms with van der Waals surface area (Å²) in [4.78, 5) is 22.0. The molecule has 1 N–H and O–H groups in total. The van der Waals surface area contributed by atoms with E-state index >= 15 is 0 Å². The van der Waals surface area contributed by atoms with Crippen LogP contribution in [-0.2, 0) is 13.1 Å². The fourth-order valence-corrected chi connectivity index (χ4v) is 3.25. The summed E-state index contributed by atoms with van der Waals surface area (Å²) in [5.74, 6) is 0.732. The molecule has 0 bridgehead atoms. The molecule has 0 spiro atoms. The van der Waals surface area contributed by atoms with Gasteiger partial charge in [0.15, 0.2) is 0 Å². The predicted molar refractivity (Wildman–Crippen MR) is 85.6 cm³/mol. The molecule has 0 amide bonds. The lowest BCUT2D eigenvalue weighted by Gasteiger charge is -2.34. The third kappa shape index (κ3) is 2.14. The van der Waals surface area contributed by atoms with Crippen molar-refractivity contribution in [2.75, 3.05) is 6.54 Å². The van der Waals surface area contributed by atoms with Gasteiger partial charge in [0.1, 0.15) is 5.82 Å². The first-order valence-corrected chi connectivity index (χ1v) is 7.59. The average molecular weight is 294 g/mol. The second-order valence-corrected chi connectivity index (χ2v) is 5.80. The number of H-pyrrole nitrogens is 1. The Morgan fingerprint density at radius 3 is 3.00 bits per heavy atom. The van der Waals surface area contributed by atoms with Crippen LogP contribution in [0.15, 0.2) is 47.4 Å². The molecule has 2 aromatic heterocycles. The van der Waals surface area contributed by atoms with Crippen LogP contribution >= 0.6 is 0 Å². The Morgan fingerprint density at radius 2 is 2.09 bits per heavy atom. The molecular weight excluding hydrogens is 276 g/mol. The van der Waals surface area contributed by atoms with Gasteiger partial charge in [0.05, 0.1) is 17.4 Å². The summed E-state index contributed by atoms with van der Waals surface area (Å²) in [5.41, 5.74) is 2.01. The number of rotatable bonds is 2. The highest BCUT2D eigenvalue weighted by Gasteiger charge is 2.24. The third-order valence-electron chi connectivity index (χ3n) is 4.48. The Kier molecular flexibility index (Phi) is 3.08. The summed E-state index contributed by atoms with van der Waals surface area (Å²) < 4.78 is 2.29. The number of nitrogens with zero attached hydrogens (tertiary/aromatic N) is 3. The molecule has 0 saturated carbocycles. The van der Waals surface area contributed by atoms with E-state index in [9.17, 15) is 4.79 Å². The zero-order chi connectivity index (χ0) is 15.1. The molecule has 1 atom stereocenters. The van der Waals surface area contributed by atoms with Crippen molar-refractivity contribution in [3.63, 3.8) is 0 Å². The minimum Gasteiger partial charge on any atom is -0.349 e. The highest BCUT2D eigenvalue weighted by Crippen LogP contribution is 2.26. The number of benzene rings is 1. The topological polar surface area (TPSA) is 53.9 Å². The minimum absolute atomic E-state index is 0.0614. The SMILES string of the molecule is CC1c2cccn2CCN1Cc1nc2ccccc2c(=O)[nH]1. The second-order valence-electron chi connectivity index (χ2n) is 5.80. The number of para-hydroxylation sites is 1. The molecule has 1 aliphatic heterocycles. The van der Waals surface area contributed by atoms with Gasteiger partial charge in [-0.05, 0) is 31.2 Å². The summed E-state index contributed by atoms with van der Waals surface area (Å²) in [6.45, 7) is 4.79. The van der Waals surface area contributed by atoms with E-state index in [0.29, 0.717) is 18.0 Å². The molecule has 1 unspecified atom stereocenters. The smallest absolute Gasteiger partial charge is 0.258 e. The van der Waals surface area contributed by atoms with E-state index in [1.807, 2.05) is 18.2 Å². The molecule has 1 aromatic carbocycles. The van der Waals surface area contributed by atoms with Crippen molar-refractivity contribution in [2.45, 2.75) is 26.1 Å². The molecule has 0 aliphatic carbocycles. The normalized spacial score (nSPS) is 18.5. The van der Waals surface area contributed by atoms with Crippen LogP contribution in [0.2, 0.25) is 0 Å². The predicted octanol–water partition coefficient (Wildman–Crippen LogP) is 2.30.